The van der Waals surface area contributed by atoms with Crippen LogP contribution in [-0.2, 0) is 4.79 Å². The van der Waals surface area contributed by atoms with Crippen LogP contribution in [0.4, 0.5) is 0 Å². The minimum atomic E-state index is -0.852. The molecule has 0 saturated heterocycles. The normalized spacial score (nSPS) is 13.7. The highest BCUT2D eigenvalue weighted by atomic mass is 16.4. The Morgan fingerprint density at radius 3 is 2.17 bits per heavy atom. The summed E-state index contributed by atoms with van der Waals surface area (Å²) >= 11 is 0. The second-order valence-electron chi connectivity index (χ2n) is 1.24. The Hall–Kier alpha value is -0.570. The van der Waals surface area contributed by atoms with Gasteiger partial charge < -0.3 is 10.8 Å². The lowest BCUT2D eigenvalue weighted by molar-refractivity contribution is -0.402. The molecule has 4 N–H and O–H groups in total. The van der Waals surface area contributed by atoms with Crippen LogP contribution in [0.2, 0.25) is 0 Å². The van der Waals surface area contributed by atoms with Crippen LogP contribution in [0.25, 0.3) is 0 Å². The van der Waals surface area contributed by atoms with E-state index in [0.29, 0.717) is 0 Å². The standard InChI is InChI=1S/C3H7NO2/c1-2(4)3(5)6/h2H,4H2,1H3,(H,5,6)/p+1. The van der Waals surface area contributed by atoms with Crippen molar-refractivity contribution in [2.24, 2.45) is 0 Å². The number of carboxylic acids is 1. The summed E-state index contributed by atoms with van der Waals surface area (Å²) in [6.07, 6.45) is 0. The van der Waals surface area contributed by atoms with E-state index in [1.165, 1.54) is 6.92 Å². The quantitative estimate of drug-likeness (QED) is 0.420. The Labute approximate surface area is 35.8 Å². The van der Waals surface area contributed by atoms with E-state index in [0.717, 1.165) is 0 Å². The maximum atomic E-state index is 9.64. The summed E-state index contributed by atoms with van der Waals surface area (Å²) in [7, 11) is 0. The molecule has 0 aromatic carbocycles. The van der Waals surface area contributed by atoms with Gasteiger partial charge >= 0.3 is 5.97 Å². The van der Waals surface area contributed by atoms with Crippen LogP contribution in [0.5, 0.6) is 0 Å². The molecule has 3 nitrogen and oxygen atoms in total. The van der Waals surface area contributed by atoms with Crippen molar-refractivity contribution in [2.75, 3.05) is 0 Å². The van der Waals surface area contributed by atoms with Crippen LogP contribution in [0.1, 0.15) is 6.92 Å². The number of rotatable bonds is 1. The summed E-state index contributed by atoms with van der Waals surface area (Å²) in [5.74, 6) is -0.852. The van der Waals surface area contributed by atoms with Gasteiger partial charge in [0.1, 0.15) is 0 Å². The Bertz CT molecular complexity index is 59.8. The van der Waals surface area contributed by atoms with Crippen LogP contribution in [0.3, 0.4) is 0 Å². The van der Waals surface area contributed by atoms with E-state index in [1.54, 1.807) is 0 Å². The van der Waals surface area contributed by atoms with Crippen molar-refractivity contribution >= 4 is 5.97 Å². The van der Waals surface area contributed by atoms with E-state index in [1.807, 2.05) is 0 Å². The van der Waals surface area contributed by atoms with Gasteiger partial charge in [-0.2, -0.15) is 0 Å². The highest BCUT2D eigenvalue weighted by Crippen LogP contribution is 1.64. The summed E-state index contributed by atoms with van der Waals surface area (Å²) in [5, 5.41) is 7.93. The molecule has 0 fully saturated rings. The molecule has 0 bridgehead atoms. The second kappa shape index (κ2) is 1.77. The van der Waals surface area contributed by atoms with E-state index >= 15 is 0 Å². The molecule has 36 valence electrons. The van der Waals surface area contributed by atoms with Gasteiger partial charge in [-0.15, -0.1) is 0 Å². The molecule has 0 aliphatic heterocycles. The first kappa shape index (κ1) is 5.43. The Morgan fingerprint density at radius 1 is 2.00 bits per heavy atom. The second-order valence-corrected chi connectivity index (χ2v) is 1.24. The van der Waals surface area contributed by atoms with Crippen LogP contribution < -0.4 is 5.73 Å². The molecule has 1 unspecified atom stereocenters. The summed E-state index contributed by atoms with van der Waals surface area (Å²) in [4.78, 5) is 9.64. The third-order valence-corrected chi connectivity index (χ3v) is 0.422. The summed E-state index contributed by atoms with van der Waals surface area (Å²) < 4.78 is 0. The number of aliphatic carboxylic acids is 1. The lowest BCUT2D eigenvalue weighted by Gasteiger charge is -1.86. The summed E-state index contributed by atoms with van der Waals surface area (Å²) in [5.41, 5.74) is 3.24. The van der Waals surface area contributed by atoms with Crippen molar-refractivity contribution in [1.82, 2.24) is 0 Å². The Balaban J connectivity index is 3.26. The van der Waals surface area contributed by atoms with E-state index in [4.69, 9.17) is 5.11 Å². The van der Waals surface area contributed by atoms with Crippen molar-refractivity contribution < 1.29 is 15.6 Å². The van der Waals surface area contributed by atoms with Gasteiger partial charge in [0.25, 0.3) is 0 Å². The Kier molecular flexibility index (Phi) is 1.60. The van der Waals surface area contributed by atoms with Crippen molar-refractivity contribution in [2.45, 2.75) is 13.0 Å². The lowest BCUT2D eigenvalue weighted by Crippen LogP contribution is -2.63. The fourth-order valence-corrected chi connectivity index (χ4v) is 0. The maximum absolute atomic E-state index is 9.64. The van der Waals surface area contributed by atoms with E-state index in [-0.39, 0.29) is 0 Å². The molecule has 0 aromatic rings. The number of carbonyl (C=O) groups is 1. The van der Waals surface area contributed by atoms with Gasteiger partial charge in [0.05, 0.1) is 0 Å². The fraction of sp³-hybridized carbons (Fsp3) is 0.667. The van der Waals surface area contributed by atoms with E-state index in [9.17, 15) is 4.79 Å². The molecule has 0 heterocycles. The monoisotopic (exact) mass is 90.1 g/mol. The highest BCUT2D eigenvalue weighted by molar-refractivity contribution is 5.70. The molecule has 0 aliphatic carbocycles. The average Bonchev–Trinajstić information content (AvgIpc) is 1.36. The molecule has 0 saturated carbocycles. The minimum absolute atomic E-state index is 0.481. The summed E-state index contributed by atoms with van der Waals surface area (Å²) in [6.45, 7) is 1.53. The first-order valence-electron chi connectivity index (χ1n) is 1.70. The van der Waals surface area contributed by atoms with Gasteiger partial charge in [0.15, 0.2) is 6.04 Å². The van der Waals surface area contributed by atoms with Gasteiger partial charge in [0.2, 0.25) is 0 Å². The van der Waals surface area contributed by atoms with Crippen molar-refractivity contribution in [3.8, 4) is 0 Å². The number of hydrogen-bond donors (Lipinski definition) is 2. The van der Waals surface area contributed by atoms with Crippen molar-refractivity contribution in [3.05, 3.63) is 0 Å². The smallest absolute Gasteiger partial charge is 0.362 e. The predicted octanol–water partition coefficient (Wildman–Crippen LogP) is -1.30. The largest absolute Gasteiger partial charge is 0.477 e. The summed E-state index contributed by atoms with van der Waals surface area (Å²) in [6, 6.07) is -0.481. The molecule has 0 spiro atoms. The van der Waals surface area contributed by atoms with Gasteiger partial charge in [-0.25, -0.2) is 4.79 Å². The molecular formula is C3H8NO2+. The zero-order valence-electron chi connectivity index (χ0n) is 3.64. The van der Waals surface area contributed by atoms with Gasteiger partial charge in [-0.05, 0) is 6.92 Å². The maximum Gasteiger partial charge on any atom is 0.362 e. The van der Waals surface area contributed by atoms with Crippen LogP contribution in [-0.4, -0.2) is 17.1 Å². The minimum Gasteiger partial charge on any atom is -0.477 e. The van der Waals surface area contributed by atoms with Gasteiger partial charge in [0, 0.05) is 0 Å². The third kappa shape index (κ3) is 1.72. The molecule has 1 atom stereocenters. The number of quaternary nitrogens is 1. The van der Waals surface area contributed by atoms with Gasteiger partial charge in [-0.1, -0.05) is 0 Å². The molecule has 0 aromatic heterocycles. The molecule has 6 heavy (non-hydrogen) atoms. The predicted molar refractivity (Wildman–Crippen MR) is 20.0 cm³/mol. The van der Waals surface area contributed by atoms with Crippen molar-refractivity contribution in [1.29, 1.82) is 0 Å². The zero-order chi connectivity index (χ0) is 5.15. The van der Waals surface area contributed by atoms with Crippen molar-refractivity contribution in [3.63, 3.8) is 0 Å². The zero-order valence-corrected chi connectivity index (χ0v) is 3.64. The third-order valence-electron chi connectivity index (χ3n) is 0.422. The SMILES string of the molecule is CC([NH3+])C(=O)O. The molecule has 0 rings (SSSR count). The molecule has 0 radical (unpaired) electrons. The van der Waals surface area contributed by atoms with E-state index in [2.05, 4.69) is 5.73 Å². The van der Waals surface area contributed by atoms with Crippen LogP contribution >= 0.6 is 0 Å². The molecule has 0 aliphatic rings. The fourth-order valence-electron chi connectivity index (χ4n) is 0. The highest BCUT2D eigenvalue weighted by Gasteiger charge is 2.04. The molecule has 3 heteroatoms. The van der Waals surface area contributed by atoms with Gasteiger partial charge in [-0.3, -0.25) is 0 Å². The topological polar surface area (TPSA) is 64.9 Å². The first-order valence-corrected chi connectivity index (χ1v) is 1.70. The average molecular weight is 90.1 g/mol. The molecular weight excluding hydrogens is 82.0 g/mol. The lowest BCUT2D eigenvalue weighted by atomic mass is 10.4. The number of carboxylic acid groups (broad SMARTS) is 1. The number of hydrogen-bond acceptors (Lipinski definition) is 1. The van der Waals surface area contributed by atoms with Crippen LogP contribution in [0.15, 0.2) is 0 Å². The van der Waals surface area contributed by atoms with Crippen LogP contribution in [0, 0.1) is 0 Å². The Morgan fingerprint density at radius 2 is 2.17 bits per heavy atom. The first-order chi connectivity index (χ1) is 2.64. The van der Waals surface area contributed by atoms with E-state index < -0.39 is 12.0 Å². The molecule has 0 amide bonds.